The first-order chi connectivity index (χ1) is 12.0. The van der Waals surface area contributed by atoms with Crippen LogP contribution in [-0.4, -0.2) is 17.0 Å². The zero-order valence-electron chi connectivity index (χ0n) is 15.2. The summed E-state index contributed by atoms with van der Waals surface area (Å²) in [6, 6.07) is 11.7. The highest BCUT2D eigenvalue weighted by Gasteiger charge is 1.99. The van der Waals surface area contributed by atoms with Gasteiger partial charge in [0.05, 0.1) is 0 Å². The van der Waals surface area contributed by atoms with Gasteiger partial charge in [-0.05, 0) is 48.1 Å². The van der Waals surface area contributed by atoms with Crippen LogP contribution in [0.3, 0.4) is 0 Å². The summed E-state index contributed by atoms with van der Waals surface area (Å²) in [7, 11) is 0. The summed E-state index contributed by atoms with van der Waals surface area (Å²) in [5, 5.41) is 2.84. The van der Waals surface area contributed by atoms with Crippen LogP contribution >= 0.6 is 0 Å². The van der Waals surface area contributed by atoms with Crippen molar-refractivity contribution in [3.05, 3.63) is 75.7 Å². The number of carbonyl (C=O) groups excluding carboxylic acids is 1. The van der Waals surface area contributed by atoms with Gasteiger partial charge >= 0.3 is 0 Å². The summed E-state index contributed by atoms with van der Waals surface area (Å²) in [6.07, 6.45) is 5.86. The van der Waals surface area contributed by atoms with Gasteiger partial charge in [-0.2, -0.15) is 0 Å². The summed E-state index contributed by atoms with van der Waals surface area (Å²) in [4.78, 5) is 23.6. The number of pyridine rings is 1. The summed E-state index contributed by atoms with van der Waals surface area (Å²) in [6.45, 7) is 7.34. The highest BCUT2D eigenvalue weighted by atomic mass is 16.1. The van der Waals surface area contributed by atoms with Gasteiger partial charge in [0.2, 0.25) is 5.91 Å². The predicted molar refractivity (Wildman–Crippen MR) is 103 cm³/mol. The van der Waals surface area contributed by atoms with Crippen molar-refractivity contribution < 1.29 is 4.79 Å². The maximum Gasteiger partial charge on any atom is 0.250 e. The Morgan fingerprint density at radius 2 is 1.92 bits per heavy atom. The van der Waals surface area contributed by atoms with Gasteiger partial charge < -0.3 is 9.88 Å². The number of hydrogen-bond acceptors (Lipinski definition) is 2. The molecule has 0 saturated heterocycles. The van der Waals surface area contributed by atoms with E-state index in [-0.39, 0.29) is 11.5 Å². The van der Waals surface area contributed by atoms with E-state index < -0.39 is 0 Å². The average Bonchev–Trinajstić information content (AvgIpc) is 2.58. The van der Waals surface area contributed by atoms with E-state index in [1.165, 1.54) is 5.56 Å². The number of hydrogen-bond donors (Lipinski definition) is 1. The van der Waals surface area contributed by atoms with Gasteiger partial charge in [0.15, 0.2) is 0 Å². The first-order valence-electron chi connectivity index (χ1n) is 8.68. The van der Waals surface area contributed by atoms with E-state index in [0.717, 1.165) is 11.1 Å². The highest BCUT2D eigenvalue weighted by Crippen LogP contribution is 2.15. The minimum Gasteiger partial charge on any atom is -0.352 e. The van der Waals surface area contributed by atoms with Gasteiger partial charge in [-0.1, -0.05) is 38.1 Å². The molecule has 132 valence electrons. The Morgan fingerprint density at radius 3 is 2.56 bits per heavy atom. The highest BCUT2D eigenvalue weighted by molar-refractivity contribution is 5.91. The van der Waals surface area contributed by atoms with Crippen molar-refractivity contribution in [2.75, 3.05) is 6.54 Å². The molecule has 0 fully saturated rings. The van der Waals surface area contributed by atoms with E-state index in [2.05, 4.69) is 31.3 Å². The lowest BCUT2D eigenvalue weighted by atomic mass is 10.0. The van der Waals surface area contributed by atoms with Crippen molar-refractivity contribution in [3.63, 3.8) is 0 Å². The van der Waals surface area contributed by atoms with Crippen molar-refractivity contribution in [2.24, 2.45) is 0 Å². The SMILES string of the molecule is Cc1ccn(CCCNC(=O)/C=C/c2ccc(C(C)C)cc2)c(=O)c1. The number of nitrogens with one attached hydrogen (secondary N) is 1. The number of aromatic nitrogens is 1. The number of benzene rings is 1. The first-order valence-corrected chi connectivity index (χ1v) is 8.68. The molecule has 25 heavy (non-hydrogen) atoms. The fourth-order valence-corrected chi connectivity index (χ4v) is 2.48. The second-order valence-corrected chi connectivity index (χ2v) is 6.54. The molecule has 1 aromatic carbocycles. The normalized spacial score (nSPS) is 11.2. The molecule has 4 heteroatoms. The topological polar surface area (TPSA) is 51.1 Å². The lowest BCUT2D eigenvalue weighted by Gasteiger charge is -2.06. The molecule has 0 aliphatic carbocycles. The Morgan fingerprint density at radius 1 is 1.20 bits per heavy atom. The minimum atomic E-state index is -0.121. The third-order valence-corrected chi connectivity index (χ3v) is 4.06. The molecular weight excluding hydrogens is 312 g/mol. The van der Waals surface area contributed by atoms with E-state index in [9.17, 15) is 9.59 Å². The lowest BCUT2D eigenvalue weighted by molar-refractivity contribution is -0.116. The molecule has 0 spiro atoms. The van der Waals surface area contributed by atoms with Gasteiger partial charge in [0, 0.05) is 31.4 Å². The molecule has 2 aromatic rings. The molecule has 0 aliphatic rings. The Bertz CT molecular complexity index is 786. The van der Waals surface area contributed by atoms with Crippen LogP contribution in [0.1, 0.15) is 42.9 Å². The molecule has 0 unspecified atom stereocenters. The molecule has 0 saturated carbocycles. The molecule has 1 heterocycles. The monoisotopic (exact) mass is 338 g/mol. The van der Waals surface area contributed by atoms with Crippen molar-refractivity contribution in [1.29, 1.82) is 0 Å². The molecule has 0 atom stereocenters. The van der Waals surface area contributed by atoms with Crippen LogP contribution in [0.25, 0.3) is 6.08 Å². The van der Waals surface area contributed by atoms with E-state index in [4.69, 9.17) is 0 Å². The second kappa shape index (κ2) is 9.02. The number of nitrogens with zero attached hydrogens (tertiary/aromatic N) is 1. The van der Waals surface area contributed by atoms with Crippen LogP contribution in [0.5, 0.6) is 0 Å². The van der Waals surface area contributed by atoms with Crippen LogP contribution in [0.15, 0.2) is 53.5 Å². The molecule has 1 aromatic heterocycles. The number of aryl methyl sites for hydroxylation is 2. The minimum absolute atomic E-state index is 0.00364. The summed E-state index contributed by atoms with van der Waals surface area (Å²) < 4.78 is 1.66. The molecule has 0 bridgehead atoms. The largest absolute Gasteiger partial charge is 0.352 e. The van der Waals surface area contributed by atoms with Gasteiger partial charge in [0.1, 0.15) is 0 Å². The van der Waals surface area contributed by atoms with Gasteiger partial charge in [0.25, 0.3) is 5.56 Å². The zero-order chi connectivity index (χ0) is 18.2. The average molecular weight is 338 g/mol. The van der Waals surface area contributed by atoms with Crippen molar-refractivity contribution in [3.8, 4) is 0 Å². The van der Waals surface area contributed by atoms with Gasteiger partial charge in [-0.3, -0.25) is 9.59 Å². The third-order valence-electron chi connectivity index (χ3n) is 4.06. The fourth-order valence-electron chi connectivity index (χ4n) is 2.48. The standard InChI is InChI=1S/C21H26N2O2/c1-16(2)19-8-5-18(6-9-19)7-10-20(24)22-12-4-13-23-14-11-17(3)15-21(23)25/h5-11,14-16H,4,12-13H2,1-3H3,(H,22,24)/b10-7+. The number of rotatable bonds is 7. The first kappa shape index (κ1) is 18.7. The summed E-state index contributed by atoms with van der Waals surface area (Å²) in [5.41, 5.74) is 3.25. The van der Waals surface area contributed by atoms with E-state index in [0.29, 0.717) is 25.4 Å². The Labute approximate surface area is 149 Å². The molecule has 1 N–H and O–H groups in total. The summed E-state index contributed by atoms with van der Waals surface area (Å²) in [5.74, 6) is 0.381. The zero-order valence-corrected chi connectivity index (χ0v) is 15.2. The van der Waals surface area contributed by atoms with Crippen LogP contribution < -0.4 is 10.9 Å². The smallest absolute Gasteiger partial charge is 0.250 e. The number of carbonyl (C=O) groups is 1. The van der Waals surface area contributed by atoms with Crippen LogP contribution in [0.2, 0.25) is 0 Å². The van der Waals surface area contributed by atoms with Crippen LogP contribution in [0.4, 0.5) is 0 Å². The Hall–Kier alpha value is -2.62. The molecule has 2 rings (SSSR count). The predicted octanol–water partition coefficient (Wildman–Crippen LogP) is 3.50. The third kappa shape index (κ3) is 6.07. The Balaban J connectivity index is 1.75. The van der Waals surface area contributed by atoms with Gasteiger partial charge in [-0.15, -0.1) is 0 Å². The molecule has 0 radical (unpaired) electrons. The van der Waals surface area contributed by atoms with E-state index >= 15 is 0 Å². The Kier molecular flexibility index (Phi) is 6.75. The van der Waals surface area contributed by atoms with Crippen molar-refractivity contribution in [2.45, 2.75) is 39.7 Å². The van der Waals surface area contributed by atoms with E-state index in [1.807, 2.05) is 31.2 Å². The van der Waals surface area contributed by atoms with E-state index in [1.54, 1.807) is 22.9 Å². The van der Waals surface area contributed by atoms with Crippen LogP contribution in [-0.2, 0) is 11.3 Å². The molecule has 1 amide bonds. The fraction of sp³-hybridized carbons (Fsp3) is 0.333. The maximum absolute atomic E-state index is 11.8. The molecule has 0 aliphatic heterocycles. The van der Waals surface area contributed by atoms with Crippen molar-refractivity contribution in [1.82, 2.24) is 9.88 Å². The lowest BCUT2D eigenvalue weighted by Crippen LogP contribution is -2.25. The van der Waals surface area contributed by atoms with Crippen LogP contribution in [0, 0.1) is 6.92 Å². The summed E-state index contributed by atoms with van der Waals surface area (Å²) >= 11 is 0. The quantitative estimate of drug-likeness (QED) is 0.620. The maximum atomic E-state index is 11.8. The number of amides is 1. The van der Waals surface area contributed by atoms with Gasteiger partial charge in [-0.25, -0.2) is 0 Å². The second-order valence-electron chi connectivity index (χ2n) is 6.54. The van der Waals surface area contributed by atoms with Crippen molar-refractivity contribution >= 4 is 12.0 Å². The molecular formula is C21H26N2O2. The molecule has 4 nitrogen and oxygen atoms in total.